The minimum Gasteiger partial charge on any atom is -0.508 e. The van der Waals surface area contributed by atoms with Gasteiger partial charge in [0.2, 0.25) is 0 Å². The molecular weight excluding hydrogens is 322 g/mol. The van der Waals surface area contributed by atoms with Crippen LogP contribution in [-0.4, -0.2) is 75.8 Å². The molecule has 1 aliphatic rings. The highest BCUT2D eigenvalue weighted by Crippen LogP contribution is 2.28. The summed E-state index contributed by atoms with van der Waals surface area (Å²) in [5.41, 5.74) is 0.563. The summed E-state index contributed by atoms with van der Waals surface area (Å²) in [7, 11) is 1.66. The summed E-state index contributed by atoms with van der Waals surface area (Å²) in [6.45, 7) is 0.270. The van der Waals surface area contributed by atoms with Gasteiger partial charge in [0.15, 0.2) is 12.4 Å². The average molecular weight is 343 g/mol. The van der Waals surface area contributed by atoms with E-state index in [0.717, 1.165) is 0 Å². The minimum absolute atomic E-state index is 0.0150. The number of hydrogen-bond donors (Lipinski definition) is 6. The minimum atomic E-state index is -1.78. The molecule has 134 valence electrons. The van der Waals surface area contributed by atoms with Crippen molar-refractivity contribution >= 4 is 5.97 Å². The quantitative estimate of drug-likeness (QED) is 0.365. The number of nitrogens with one attached hydrogen (secondary N) is 1. The van der Waals surface area contributed by atoms with Crippen molar-refractivity contribution < 1.29 is 39.8 Å². The van der Waals surface area contributed by atoms with Crippen molar-refractivity contribution in [3.63, 3.8) is 0 Å². The van der Waals surface area contributed by atoms with E-state index in [1.807, 2.05) is 0 Å². The number of ether oxygens (including phenoxy) is 2. The molecule has 6 N–H and O–H groups in total. The second-order valence-corrected chi connectivity index (χ2v) is 5.51. The van der Waals surface area contributed by atoms with Crippen LogP contribution in [-0.2, 0) is 14.3 Å². The number of carboxylic acid groups (broad SMARTS) is 1. The third kappa shape index (κ3) is 4.01. The van der Waals surface area contributed by atoms with Crippen molar-refractivity contribution in [1.82, 2.24) is 5.32 Å². The van der Waals surface area contributed by atoms with Gasteiger partial charge in [-0.1, -0.05) is 12.1 Å². The van der Waals surface area contributed by atoms with E-state index in [9.17, 15) is 25.2 Å². The van der Waals surface area contributed by atoms with Crippen LogP contribution < -0.4 is 5.32 Å². The summed E-state index contributed by atoms with van der Waals surface area (Å²) in [6.07, 6.45) is -9.03. The molecule has 0 radical (unpaired) electrons. The largest absolute Gasteiger partial charge is 0.508 e. The van der Waals surface area contributed by atoms with Crippen LogP contribution >= 0.6 is 0 Å². The zero-order valence-electron chi connectivity index (χ0n) is 12.9. The van der Waals surface area contributed by atoms with Gasteiger partial charge in [0.1, 0.15) is 24.1 Å². The maximum Gasteiger partial charge on any atom is 0.335 e. The van der Waals surface area contributed by atoms with E-state index in [1.54, 1.807) is 19.2 Å². The number of phenolic OH excluding ortho intramolecular Hbond substituents is 1. The summed E-state index contributed by atoms with van der Waals surface area (Å²) in [6, 6.07) is 6.22. The monoisotopic (exact) mass is 343 g/mol. The smallest absolute Gasteiger partial charge is 0.335 e. The average Bonchev–Trinajstić information content (AvgIpc) is 2.54. The highest BCUT2D eigenvalue weighted by atomic mass is 16.7. The molecule has 0 aliphatic carbocycles. The lowest BCUT2D eigenvalue weighted by Gasteiger charge is -2.39. The number of aliphatic hydroxyl groups is 3. The van der Waals surface area contributed by atoms with E-state index < -0.39 is 42.8 Å². The predicted molar refractivity (Wildman–Crippen MR) is 80.2 cm³/mol. The molecule has 1 heterocycles. The number of hydrogen-bond acceptors (Lipinski definition) is 8. The number of aliphatic hydroxyl groups excluding tert-OH is 3. The van der Waals surface area contributed by atoms with Crippen molar-refractivity contribution in [2.24, 2.45) is 0 Å². The Hall–Kier alpha value is -1.75. The van der Waals surface area contributed by atoms with Crippen LogP contribution in [0.5, 0.6) is 5.75 Å². The first-order chi connectivity index (χ1) is 11.3. The number of aromatic hydroxyl groups is 1. The molecule has 9 heteroatoms. The summed E-state index contributed by atoms with van der Waals surface area (Å²) in [5, 5.41) is 51.0. The Labute approximate surface area is 138 Å². The van der Waals surface area contributed by atoms with Gasteiger partial charge in [-0.3, -0.25) is 0 Å². The van der Waals surface area contributed by atoms with Gasteiger partial charge in [-0.15, -0.1) is 0 Å². The molecule has 1 aliphatic heterocycles. The highest BCUT2D eigenvalue weighted by molar-refractivity contribution is 5.73. The fraction of sp³-hybridized carbons (Fsp3) is 0.533. The molecule has 0 bridgehead atoms. The summed E-state index contributed by atoms with van der Waals surface area (Å²) in [4.78, 5) is 11.1. The molecule has 0 spiro atoms. The van der Waals surface area contributed by atoms with Crippen molar-refractivity contribution in [2.45, 2.75) is 36.8 Å². The Morgan fingerprint density at radius 2 is 2.00 bits per heavy atom. The summed E-state index contributed by atoms with van der Waals surface area (Å²) >= 11 is 0. The van der Waals surface area contributed by atoms with Crippen LogP contribution in [0.3, 0.4) is 0 Å². The zero-order valence-corrected chi connectivity index (χ0v) is 12.9. The second-order valence-electron chi connectivity index (χ2n) is 5.51. The van der Waals surface area contributed by atoms with Crippen molar-refractivity contribution in [3.8, 4) is 5.75 Å². The van der Waals surface area contributed by atoms with Crippen LogP contribution in [0.1, 0.15) is 11.7 Å². The number of benzene rings is 1. The van der Waals surface area contributed by atoms with Crippen molar-refractivity contribution in [1.29, 1.82) is 0 Å². The summed E-state index contributed by atoms with van der Waals surface area (Å²) < 4.78 is 10.7. The molecule has 0 aromatic heterocycles. The number of carboxylic acids is 1. The van der Waals surface area contributed by atoms with Crippen LogP contribution in [0.25, 0.3) is 0 Å². The van der Waals surface area contributed by atoms with Crippen LogP contribution in [0.15, 0.2) is 24.3 Å². The molecule has 0 saturated carbocycles. The third-order valence-electron chi connectivity index (χ3n) is 3.74. The van der Waals surface area contributed by atoms with Gasteiger partial charge < -0.3 is 40.3 Å². The first kappa shape index (κ1) is 18.6. The lowest BCUT2D eigenvalue weighted by Crippen LogP contribution is -2.60. The van der Waals surface area contributed by atoms with Gasteiger partial charge in [-0.25, -0.2) is 4.79 Å². The molecule has 0 amide bonds. The molecule has 1 aromatic rings. The molecule has 6 atom stereocenters. The molecule has 1 fully saturated rings. The van der Waals surface area contributed by atoms with E-state index in [4.69, 9.17) is 14.6 Å². The van der Waals surface area contributed by atoms with E-state index >= 15 is 0 Å². The second kappa shape index (κ2) is 7.88. The molecular formula is C15H21NO8. The maximum absolute atomic E-state index is 11.1. The Balaban J connectivity index is 2.19. The maximum atomic E-state index is 11.1. The third-order valence-corrected chi connectivity index (χ3v) is 3.74. The molecule has 9 nitrogen and oxygen atoms in total. The van der Waals surface area contributed by atoms with Gasteiger partial charge in [-0.05, 0) is 24.7 Å². The number of aliphatic carboxylic acids is 1. The van der Waals surface area contributed by atoms with Gasteiger partial charge in [0, 0.05) is 6.54 Å². The van der Waals surface area contributed by atoms with Crippen LogP contribution in [0.2, 0.25) is 0 Å². The molecule has 6 unspecified atom stereocenters. The van der Waals surface area contributed by atoms with E-state index in [0.29, 0.717) is 5.56 Å². The highest BCUT2D eigenvalue weighted by Gasteiger charge is 2.48. The van der Waals surface area contributed by atoms with Crippen LogP contribution in [0.4, 0.5) is 0 Å². The normalized spacial score (nSPS) is 31.6. The van der Waals surface area contributed by atoms with E-state index in [2.05, 4.69) is 5.32 Å². The first-order valence-electron chi connectivity index (χ1n) is 7.36. The Kier molecular flexibility index (Phi) is 6.10. The topological polar surface area (TPSA) is 149 Å². The van der Waals surface area contributed by atoms with Crippen molar-refractivity contribution in [3.05, 3.63) is 29.8 Å². The Bertz CT molecular complexity index is 568. The van der Waals surface area contributed by atoms with E-state index in [1.165, 1.54) is 12.1 Å². The summed E-state index contributed by atoms with van der Waals surface area (Å²) in [5.74, 6) is -1.47. The Morgan fingerprint density at radius 3 is 2.58 bits per heavy atom. The fourth-order valence-corrected chi connectivity index (χ4v) is 2.48. The van der Waals surface area contributed by atoms with Gasteiger partial charge in [0.25, 0.3) is 0 Å². The molecule has 1 aromatic carbocycles. The lowest BCUT2D eigenvalue weighted by atomic mass is 9.99. The zero-order chi connectivity index (χ0) is 17.9. The molecule has 24 heavy (non-hydrogen) atoms. The molecule has 2 rings (SSSR count). The fourth-order valence-electron chi connectivity index (χ4n) is 2.48. The van der Waals surface area contributed by atoms with Crippen LogP contribution in [0, 0.1) is 0 Å². The predicted octanol–water partition coefficient (Wildman–Crippen LogP) is -1.44. The first-order valence-corrected chi connectivity index (χ1v) is 7.36. The number of rotatable bonds is 6. The SMILES string of the molecule is CNCC(OC1OC(C(=O)O)C(O)C(O)C1O)c1cccc(O)c1. The number of likely N-dealkylation sites (N-methyl/N-ethyl adjacent to an activating group) is 1. The van der Waals surface area contributed by atoms with Gasteiger partial charge in [0.05, 0.1) is 6.10 Å². The standard InChI is InChI=1S/C15H21NO8/c1-16-6-9(7-3-2-4-8(17)5-7)23-15-12(20)10(18)11(19)13(24-15)14(21)22/h2-5,9-13,15-20H,6H2,1H3,(H,21,22). The Morgan fingerprint density at radius 1 is 1.29 bits per heavy atom. The van der Waals surface area contributed by atoms with Gasteiger partial charge >= 0.3 is 5.97 Å². The van der Waals surface area contributed by atoms with Gasteiger partial charge in [-0.2, -0.15) is 0 Å². The number of phenols is 1. The molecule has 1 saturated heterocycles. The van der Waals surface area contributed by atoms with E-state index in [-0.39, 0.29) is 12.3 Å². The van der Waals surface area contributed by atoms with Crippen molar-refractivity contribution in [2.75, 3.05) is 13.6 Å². The lowest BCUT2D eigenvalue weighted by molar-refractivity contribution is -0.304. The number of carbonyl (C=O) groups is 1.